The van der Waals surface area contributed by atoms with Gasteiger partial charge in [-0.2, -0.15) is 0 Å². The highest BCUT2D eigenvalue weighted by atomic mass is 16.7. The van der Waals surface area contributed by atoms with Gasteiger partial charge in [0.15, 0.2) is 6.29 Å². The van der Waals surface area contributed by atoms with Crippen LogP contribution in [0, 0.1) is 56.7 Å². The minimum atomic E-state index is -1.72. The molecule has 0 radical (unpaired) electrons. The summed E-state index contributed by atoms with van der Waals surface area (Å²) in [7, 11) is 0. The lowest BCUT2D eigenvalue weighted by atomic mass is 9.33. The largest absolute Gasteiger partial charge is 0.481 e. The number of carbonyl (C=O) groups excluding carboxylic acids is 3. The lowest BCUT2D eigenvalue weighted by molar-refractivity contribution is -0.324. The molecule has 20 nitrogen and oxygen atoms in total. The van der Waals surface area contributed by atoms with Gasteiger partial charge in [0.2, 0.25) is 12.2 Å². The Bertz CT molecular complexity index is 2170. The molecule has 3 aliphatic heterocycles. The number of aliphatic hydroxyl groups excluding tert-OH is 9. The molecule has 1 amide bonds. The molecule has 0 aromatic rings. The number of unbranched alkanes of at least 4 members (excludes halogenated alkanes) is 7. The van der Waals surface area contributed by atoms with Crippen LogP contribution in [0.5, 0.6) is 0 Å². The molecule has 450 valence electrons. The van der Waals surface area contributed by atoms with Crippen LogP contribution in [0.25, 0.3) is 0 Å². The molecule has 20 heteroatoms. The number of hydrogen-bond acceptors (Lipinski definition) is 18. The fourth-order valence-corrected chi connectivity index (χ4v) is 17.1. The van der Waals surface area contributed by atoms with Gasteiger partial charge in [-0.05, 0) is 124 Å². The molecule has 14 unspecified atom stereocenters. The molecule has 3 saturated heterocycles. The van der Waals surface area contributed by atoms with Gasteiger partial charge in [-0.3, -0.25) is 14.4 Å². The summed E-state index contributed by atoms with van der Waals surface area (Å²) < 4.78 is 30.6. The molecular formula is C59H95NO19. The lowest BCUT2D eigenvalue weighted by Crippen LogP contribution is -2.68. The Kier molecular flexibility index (Phi) is 19.6. The number of carboxylic acid groups (broad SMARTS) is 1. The van der Waals surface area contributed by atoms with Crippen LogP contribution in [0.4, 0.5) is 0 Å². The number of allylic oxidation sites excluding steroid dienone is 2. The highest BCUT2D eigenvalue weighted by Crippen LogP contribution is 2.75. The maximum Gasteiger partial charge on any atom is 0.317 e. The Labute approximate surface area is 465 Å². The van der Waals surface area contributed by atoms with E-state index in [1.807, 2.05) is 6.92 Å². The summed E-state index contributed by atoms with van der Waals surface area (Å²) in [6, 6.07) is -1.23. The summed E-state index contributed by atoms with van der Waals surface area (Å²) in [6.45, 7) is 11.4. The van der Waals surface area contributed by atoms with Crippen molar-refractivity contribution in [2.24, 2.45) is 56.7 Å². The molecule has 0 bridgehead atoms. The highest BCUT2D eigenvalue weighted by Gasteiger charge is 2.72. The number of hydrogen-bond donors (Lipinski definition) is 11. The Hall–Kier alpha value is -2.70. The van der Waals surface area contributed by atoms with E-state index in [1.54, 1.807) is 6.92 Å². The number of carboxylic acids is 1. The van der Waals surface area contributed by atoms with Crippen molar-refractivity contribution in [1.29, 1.82) is 0 Å². The molecule has 8 rings (SSSR count). The van der Waals surface area contributed by atoms with Gasteiger partial charge < -0.3 is 84.9 Å². The number of aldehydes is 1. The predicted molar refractivity (Wildman–Crippen MR) is 283 cm³/mol. The number of aliphatic carboxylic acids is 1. The molecule has 3 heterocycles. The predicted octanol–water partition coefficient (Wildman–Crippen LogP) is 3.34. The number of aliphatic hydroxyl groups is 9. The van der Waals surface area contributed by atoms with E-state index in [1.165, 1.54) is 0 Å². The van der Waals surface area contributed by atoms with Crippen molar-refractivity contribution in [3.63, 3.8) is 0 Å². The SMILES string of the molecule is C[C@@H]1CCC2(C(=O)O[C@@H]3O[C@H](CO)C(NC(=O)CCCCCCCCCCC(=O)O)C(O)C3C[C@@H]3O[C@H](C)C(O[C@@H]4OC[C@@H](O)C(O)C4O)C(O)C3O)C(C1)C1=CCC3C4(C)CCC(O)C(C)(C=O)[C@@H]4CC[C@@]3(C)[C@]1(C)C[C@H]2O. The second-order valence-corrected chi connectivity index (χ2v) is 26.6. The lowest BCUT2D eigenvalue weighted by Gasteiger charge is -2.71. The average Bonchev–Trinajstić information content (AvgIpc) is 3.56. The minimum absolute atomic E-state index is 0.0297. The van der Waals surface area contributed by atoms with E-state index in [0.29, 0.717) is 44.9 Å². The molecule has 4 saturated carbocycles. The van der Waals surface area contributed by atoms with Crippen LogP contribution in [0.2, 0.25) is 0 Å². The molecule has 5 aliphatic carbocycles. The van der Waals surface area contributed by atoms with Gasteiger partial charge >= 0.3 is 11.9 Å². The maximum atomic E-state index is 15.6. The van der Waals surface area contributed by atoms with Crippen molar-refractivity contribution in [3.8, 4) is 0 Å². The number of esters is 1. The van der Waals surface area contributed by atoms with E-state index in [0.717, 1.165) is 69.6 Å². The normalized spacial score (nSPS) is 47.8. The smallest absolute Gasteiger partial charge is 0.317 e. The van der Waals surface area contributed by atoms with Crippen LogP contribution in [-0.4, -0.2) is 180 Å². The standard InChI is InChI=1S/C59H95NO19/c1-31-19-24-59(35(25-31)34-17-18-40-55(3)22-21-41(64)56(4,30-62)39(55)20-23-57(40,5)58(34,6)27-42(59)65)54(74)79-52-33(26-37-48(71)49(72)51(32(2)76-37)78-53-50(73)47(70)36(63)29-75-53)46(69)45(38(28-61)77-52)60-43(66)15-13-11-9-7-8-10-12-14-16-44(67)68/h17,30-33,35-42,45-53,61,63-65,69-73H,7-16,18-29H2,1-6H3,(H,60,66)(H,67,68)/t31-,32-,33?,35?,36-,37+,38-,39-,40?,41?,42-,45?,46?,47?,48?,49?,50?,51?,52+,53+,55?,56?,57-,58-,59?/m1/s1. The van der Waals surface area contributed by atoms with Gasteiger partial charge in [0.1, 0.15) is 54.4 Å². The number of ether oxygens (including phenoxy) is 5. The van der Waals surface area contributed by atoms with Gasteiger partial charge in [0.05, 0.1) is 61.1 Å². The zero-order chi connectivity index (χ0) is 57.6. The number of carbonyl (C=O) groups is 4. The van der Waals surface area contributed by atoms with Crippen molar-refractivity contribution in [2.45, 2.75) is 262 Å². The first-order chi connectivity index (χ1) is 37.3. The zero-order valence-electron chi connectivity index (χ0n) is 47.4. The van der Waals surface area contributed by atoms with Gasteiger partial charge in [0.25, 0.3) is 0 Å². The summed E-state index contributed by atoms with van der Waals surface area (Å²) >= 11 is 0. The van der Waals surface area contributed by atoms with E-state index < -0.39 is 144 Å². The van der Waals surface area contributed by atoms with Crippen molar-refractivity contribution in [2.75, 3.05) is 13.2 Å². The summed E-state index contributed by atoms with van der Waals surface area (Å²) in [5.41, 5.74) is -2.39. The molecule has 0 aromatic carbocycles. The van der Waals surface area contributed by atoms with Crippen LogP contribution in [0.3, 0.4) is 0 Å². The molecule has 7 fully saturated rings. The third-order valence-corrected chi connectivity index (χ3v) is 22.0. The summed E-state index contributed by atoms with van der Waals surface area (Å²) in [5.74, 6) is -3.38. The van der Waals surface area contributed by atoms with Gasteiger partial charge in [-0.25, -0.2) is 0 Å². The van der Waals surface area contributed by atoms with Gasteiger partial charge in [-0.1, -0.05) is 84.8 Å². The van der Waals surface area contributed by atoms with Crippen molar-refractivity contribution < 1.29 is 93.9 Å². The van der Waals surface area contributed by atoms with E-state index >= 15 is 4.79 Å². The quantitative estimate of drug-likeness (QED) is 0.0360. The van der Waals surface area contributed by atoms with Gasteiger partial charge in [-0.15, -0.1) is 0 Å². The number of amides is 1. The third kappa shape index (κ3) is 11.5. The van der Waals surface area contributed by atoms with E-state index in [9.17, 15) is 60.3 Å². The Morgan fingerprint density at radius 1 is 0.747 bits per heavy atom. The minimum Gasteiger partial charge on any atom is -0.481 e. The fourth-order valence-electron chi connectivity index (χ4n) is 17.1. The Morgan fingerprint density at radius 3 is 2.08 bits per heavy atom. The molecule has 11 N–H and O–H groups in total. The van der Waals surface area contributed by atoms with E-state index in [-0.39, 0.29) is 60.9 Å². The van der Waals surface area contributed by atoms with Crippen molar-refractivity contribution >= 4 is 24.1 Å². The monoisotopic (exact) mass is 1120 g/mol. The first-order valence-corrected chi connectivity index (χ1v) is 29.8. The fraction of sp³-hybridized carbons (Fsp3) is 0.898. The number of rotatable bonds is 20. The van der Waals surface area contributed by atoms with Crippen LogP contribution in [0.15, 0.2) is 11.6 Å². The first-order valence-electron chi connectivity index (χ1n) is 29.8. The second-order valence-electron chi connectivity index (χ2n) is 26.6. The van der Waals surface area contributed by atoms with E-state index in [2.05, 4.69) is 39.1 Å². The first kappa shape index (κ1) is 62.3. The number of nitrogens with one attached hydrogen (secondary N) is 1. The van der Waals surface area contributed by atoms with Crippen LogP contribution in [0.1, 0.15) is 170 Å². The molecule has 0 spiro atoms. The molecule has 79 heavy (non-hydrogen) atoms. The zero-order valence-corrected chi connectivity index (χ0v) is 47.4. The molecular weight excluding hydrogens is 1030 g/mol. The third-order valence-electron chi connectivity index (χ3n) is 22.0. The van der Waals surface area contributed by atoms with Crippen LogP contribution < -0.4 is 5.32 Å². The molecule has 25 atom stereocenters. The van der Waals surface area contributed by atoms with Crippen LogP contribution in [-0.2, 0) is 42.9 Å². The highest BCUT2D eigenvalue weighted by molar-refractivity contribution is 5.80. The maximum absolute atomic E-state index is 15.6. The van der Waals surface area contributed by atoms with Crippen molar-refractivity contribution in [1.82, 2.24) is 5.32 Å². The summed E-state index contributed by atoms with van der Waals surface area (Å²) in [5, 5.41) is 114. The van der Waals surface area contributed by atoms with Gasteiger partial charge in [0, 0.05) is 12.8 Å². The topological polar surface area (TPSA) is 329 Å². The van der Waals surface area contributed by atoms with Crippen LogP contribution >= 0.6 is 0 Å². The molecule has 8 aliphatic rings. The second kappa shape index (κ2) is 24.9. The Morgan fingerprint density at radius 2 is 1.42 bits per heavy atom. The molecule has 0 aromatic heterocycles. The summed E-state index contributed by atoms with van der Waals surface area (Å²) in [4.78, 5) is 52.9. The average molecular weight is 1120 g/mol. The summed E-state index contributed by atoms with van der Waals surface area (Å²) in [6.07, 6.45) is -4.72. The Balaban J connectivity index is 1.03. The van der Waals surface area contributed by atoms with E-state index in [4.69, 9.17) is 28.8 Å². The number of fused-ring (bicyclic) bond motifs is 7. The van der Waals surface area contributed by atoms with Crippen molar-refractivity contribution in [3.05, 3.63) is 11.6 Å².